The molecule has 0 aliphatic carbocycles. The van der Waals surface area contributed by atoms with Gasteiger partial charge >= 0.3 is 0 Å². The minimum Gasteiger partial charge on any atom is -0.310 e. The maximum atomic E-state index is 13.2. The zero-order chi connectivity index (χ0) is 11.5. The lowest BCUT2D eigenvalue weighted by Crippen LogP contribution is -2.28. The number of hydrogen-bond donors (Lipinski definition) is 1. The van der Waals surface area contributed by atoms with Crippen molar-refractivity contribution < 1.29 is 4.39 Å². The maximum absolute atomic E-state index is 13.2. The van der Waals surface area contributed by atoms with Crippen molar-refractivity contribution in [3.05, 3.63) is 29.6 Å². The lowest BCUT2D eigenvalue weighted by Gasteiger charge is -2.26. The summed E-state index contributed by atoms with van der Waals surface area (Å²) in [5, 5.41) is 3.52. The summed E-state index contributed by atoms with van der Waals surface area (Å²) in [6.07, 6.45) is 1.09. The van der Waals surface area contributed by atoms with Crippen molar-refractivity contribution in [2.45, 2.75) is 31.2 Å². The number of halogens is 1. The van der Waals surface area contributed by atoms with Gasteiger partial charge in [-0.15, -0.1) is 11.8 Å². The average Bonchev–Trinajstić information content (AvgIpc) is 2.26. The quantitative estimate of drug-likeness (QED) is 0.864. The summed E-state index contributed by atoms with van der Waals surface area (Å²) in [4.78, 5) is 1.23. The molecule has 1 nitrogen and oxygen atoms in total. The smallest absolute Gasteiger partial charge is 0.123 e. The molecule has 0 fully saturated rings. The highest BCUT2D eigenvalue weighted by Gasteiger charge is 2.20. The van der Waals surface area contributed by atoms with E-state index < -0.39 is 0 Å². The second kappa shape index (κ2) is 5.19. The summed E-state index contributed by atoms with van der Waals surface area (Å²) < 4.78 is 13.2. The van der Waals surface area contributed by atoms with Crippen molar-refractivity contribution in [3.8, 4) is 0 Å². The molecule has 1 aliphatic heterocycles. The van der Waals surface area contributed by atoms with Crippen LogP contribution in [0.2, 0.25) is 0 Å². The van der Waals surface area contributed by atoms with Crippen LogP contribution in [0.15, 0.2) is 23.1 Å². The van der Waals surface area contributed by atoms with Crippen molar-refractivity contribution in [2.75, 3.05) is 12.3 Å². The minimum atomic E-state index is -0.127. The number of fused-ring (bicyclic) bond motifs is 1. The van der Waals surface area contributed by atoms with Gasteiger partial charge in [-0.1, -0.05) is 13.8 Å². The molecule has 1 aromatic rings. The van der Waals surface area contributed by atoms with Crippen LogP contribution in [0, 0.1) is 11.7 Å². The maximum Gasteiger partial charge on any atom is 0.123 e. The predicted octanol–water partition coefficient (Wildman–Crippen LogP) is 3.61. The molecule has 3 heteroatoms. The van der Waals surface area contributed by atoms with Gasteiger partial charge < -0.3 is 5.32 Å². The molecule has 1 heterocycles. The highest BCUT2D eigenvalue weighted by Crippen LogP contribution is 2.36. The first-order valence-electron chi connectivity index (χ1n) is 5.82. The lowest BCUT2D eigenvalue weighted by atomic mass is 10.0. The third-order valence-corrected chi connectivity index (χ3v) is 3.91. The van der Waals surface area contributed by atoms with Gasteiger partial charge in [0.25, 0.3) is 0 Å². The molecule has 0 radical (unpaired) electrons. The Balaban J connectivity index is 2.15. The molecule has 0 bridgehead atoms. The number of benzene rings is 1. The molecule has 1 aromatic carbocycles. The Morgan fingerprint density at radius 1 is 1.50 bits per heavy atom. The molecular formula is C13H18FNS. The normalized spacial score (nSPS) is 19.9. The fourth-order valence-corrected chi connectivity index (χ4v) is 3.06. The minimum absolute atomic E-state index is 0.127. The Morgan fingerprint density at radius 2 is 2.31 bits per heavy atom. The number of hydrogen-bond acceptors (Lipinski definition) is 2. The van der Waals surface area contributed by atoms with Crippen LogP contribution >= 0.6 is 11.8 Å². The molecule has 16 heavy (non-hydrogen) atoms. The van der Waals surface area contributed by atoms with Crippen LogP contribution in [0.3, 0.4) is 0 Å². The zero-order valence-corrected chi connectivity index (χ0v) is 10.6. The summed E-state index contributed by atoms with van der Waals surface area (Å²) in [6.45, 7) is 5.37. The Hall–Kier alpha value is -0.540. The Kier molecular flexibility index (Phi) is 3.87. The van der Waals surface area contributed by atoms with E-state index in [4.69, 9.17) is 0 Å². The van der Waals surface area contributed by atoms with E-state index in [9.17, 15) is 4.39 Å². The van der Waals surface area contributed by atoms with Crippen LogP contribution in [0.1, 0.15) is 31.9 Å². The van der Waals surface area contributed by atoms with Crippen molar-refractivity contribution in [3.63, 3.8) is 0 Å². The van der Waals surface area contributed by atoms with Crippen LogP contribution in [0.4, 0.5) is 4.39 Å². The van der Waals surface area contributed by atoms with E-state index in [1.807, 2.05) is 17.8 Å². The summed E-state index contributed by atoms with van der Waals surface area (Å²) in [7, 11) is 0. The first-order chi connectivity index (χ1) is 7.66. The van der Waals surface area contributed by atoms with Gasteiger partial charge in [-0.2, -0.15) is 0 Å². The molecule has 0 spiro atoms. The zero-order valence-electron chi connectivity index (χ0n) is 9.79. The SMILES string of the molecule is CC(C)CNC1CCSc2ccc(F)cc21. The average molecular weight is 239 g/mol. The van der Waals surface area contributed by atoms with E-state index in [-0.39, 0.29) is 5.82 Å². The van der Waals surface area contributed by atoms with Gasteiger partial charge in [0, 0.05) is 10.9 Å². The van der Waals surface area contributed by atoms with E-state index in [2.05, 4.69) is 19.2 Å². The van der Waals surface area contributed by atoms with E-state index in [0.717, 1.165) is 24.3 Å². The van der Waals surface area contributed by atoms with Crippen LogP contribution in [0.5, 0.6) is 0 Å². The van der Waals surface area contributed by atoms with Gasteiger partial charge in [0.1, 0.15) is 5.82 Å². The van der Waals surface area contributed by atoms with Gasteiger partial charge in [-0.3, -0.25) is 0 Å². The van der Waals surface area contributed by atoms with Crippen molar-refractivity contribution in [1.29, 1.82) is 0 Å². The number of nitrogens with one attached hydrogen (secondary N) is 1. The summed E-state index contributed by atoms with van der Waals surface area (Å²) in [5.41, 5.74) is 1.14. The monoisotopic (exact) mass is 239 g/mol. The Morgan fingerprint density at radius 3 is 3.06 bits per heavy atom. The number of thioether (sulfide) groups is 1. The van der Waals surface area contributed by atoms with Gasteiger partial charge in [0.05, 0.1) is 0 Å². The first kappa shape index (κ1) is 11.9. The molecule has 0 saturated heterocycles. The van der Waals surface area contributed by atoms with Crippen molar-refractivity contribution in [2.24, 2.45) is 5.92 Å². The molecule has 0 amide bonds. The van der Waals surface area contributed by atoms with Crippen LogP contribution in [-0.4, -0.2) is 12.3 Å². The fraction of sp³-hybridized carbons (Fsp3) is 0.538. The van der Waals surface area contributed by atoms with Crippen LogP contribution in [0.25, 0.3) is 0 Å². The first-order valence-corrected chi connectivity index (χ1v) is 6.81. The van der Waals surface area contributed by atoms with Gasteiger partial charge in [0.2, 0.25) is 0 Å². The van der Waals surface area contributed by atoms with E-state index in [0.29, 0.717) is 12.0 Å². The third kappa shape index (κ3) is 2.77. The molecule has 1 unspecified atom stereocenters. The number of rotatable bonds is 3. The third-order valence-electron chi connectivity index (χ3n) is 2.78. The van der Waals surface area contributed by atoms with E-state index in [1.165, 1.54) is 4.90 Å². The molecule has 2 rings (SSSR count). The van der Waals surface area contributed by atoms with Crippen LogP contribution in [-0.2, 0) is 0 Å². The molecule has 1 atom stereocenters. The van der Waals surface area contributed by atoms with Crippen LogP contribution < -0.4 is 5.32 Å². The second-order valence-corrected chi connectivity index (χ2v) is 5.81. The molecule has 88 valence electrons. The molecule has 1 N–H and O–H groups in total. The second-order valence-electron chi connectivity index (χ2n) is 4.67. The van der Waals surface area contributed by atoms with E-state index in [1.54, 1.807) is 12.1 Å². The largest absolute Gasteiger partial charge is 0.310 e. The molecular weight excluding hydrogens is 221 g/mol. The molecule has 0 aromatic heterocycles. The lowest BCUT2D eigenvalue weighted by molar-refractivity contribution is 0.457. The highest BCUT2D eigenvalue weighted by molar-refractivity contribution is 7.99. The standard InChI is InChI=1S/C13H18FNS/c1-9(2)8-15-12-5-6-16-13-4-3-10(14)7-11(12)13/h3-4,7,9,12,15H,5-6,8H2,1-2H3. The predicted molar refractivity (Wildman–Crippen MR) is 67.3 cm³/mol. The topological polar surface area (TPSA) is 12.0 Å². The summed E-state index contributed by atoms with van der Waals surface area (Å²) in [6, 6.07) is 5.46. The Labute approximate surface area is 101 Å². The summed E-state index contributed by atoms with van der Waals surface area (Å²) >= 11 is 1.83. The molecule has 0 saturated carbocycles. The summed E-state index contributed by atoms with van der Waals surface area (Å²) in [5.74, 6) is 1.62. The van der Waals surface area contributed by atoms with E-state index >= 15 is 0 Å². The van der Waals surface area contributed by atoms with Gasteiger partial charge in [0.15, 0.2) is 0 Å². The fourth-order valence-electron chi connectivity index (χ4n) is 1.96. The highest BCUT2D eigenvalue weighted by atomic mass is 32.2. The van der Waals surface area contributed by atoms with Crippen molar-refractivity contribution >= 4 is 11.8 Å². The van der Waals surface area contributed by atoms with Gasteiger partial charge in [-0.05, 0) is 48.4 Å². The Bertz CT molecular complexity index is 365. The van der Waals surface area contributed by atoms with Gasteiger partial charge in [-0.25, -0.2) is 4.39 Å². The molecule has 1 aliphatic rings. The van der Waals surface area contributed by atoms with Crippen molar-refractivity contribution in [1.82, 2.24) is 5.32 Å².